The molecule has 1 atom stereocenters. The molecule has 0 saturated carbocycles. The van der Waals surface area contributed by atoms with Crippen LogP contribution in [0.1, 0.15) is 61.8 Å². The van der Waals surface area contributed by atoms with E-state index in [2.05, 4.69) is 41.5 Å². The minimum atomic E-state index is -4.85. The topological polar surface area (TPSA) is 58.9 Å². The van der Waals surface area contributed by atoms with Gasteiger partial charge in [0, 0.05) is 0 Å². The molecule has 0 aromatic heterocycles. The van der Waals surface area contributed by atoms with Crippen LogP contribution in [0.2, 0.25) is 16.6 Å². The van der Waals surface area contributed by atoms with Crippen LogP contribution in [0, 0.1) is 0 Å². The monoisotopic (exact) mass is 370 g/mol. The summed E-state index contributed by atoms with van der Waals surface area (Å²) in [5.41, 5.74) is 0.968. The first-order valence-electron chi connectivity index (χ1n) is 7.32. The number of rotatable bonds is 8. The molecule has 0 aliphatic rings. The third-order valence-electron chi connectivity index (χ3n) is 3.95. The molecule has 4 nitrogen and oxygen atoms in total. The zero-order chi connectivity index (χ0) is 15.4. The molecule has 0 aliphatic carbocycles. The van der Waals surface area contributed by atoms with Gasteiger partial charge in [0.15, 0.2) is 0 Å². The molecule has 116 valence electrons. The van der Waals surface area contributed by atoms with Crippen molar-refractivity contribution in [2.75, 3.05) is 0 Å². The fourth-order valence-electron chi connectivity index (χ4n) is 2.95. The second-order valence-corrected chi connectivity index (χ2v) is 16.5. The molecule has 6 heteroatoms. The van der Waals surface area contributed by atoms with Crippen LogP contribution in [0.4, 0.5) is 0 Å². The molecule has 0 amide bonds. The molecule has 0 aromatic rings. The number of hydrogen-bond donors (Lipinski definition) is 2. The average Bonchev–Trinajstić information content (AvgIpc) is 2.23. The van der Waals surface area contributed by atoms with Crippen LogP contribution in [-0.2, 0) is 27.3 Å². The van der Waals surface area contributed by atoms with Crippen molar-refractivity contribution >= 4 is 8.32 Å². The zero-order valence-corrected chi connectivity index (χ0v) is 17.2. The molecule has 0 aromatic carbocycles. The van der Waals surface area contributed by atoms with Gasteiger partial charge in [0.2, 0.25) is 0 Å². The van der Waals surface area contributed by atoms with Crippen LogP contribution in [-0.4, -0.2) is 20.8 Å². The molecule has 0 heterocycles. The van der Waals surface area contributed by atoms with Crippen molar-refractivity contribution in [1.82, 2.24) is 0 Å². The summed E-state index contributed by atoms with van der Waals surface area (Å²) in [6.07, 6.45) is 0.590. The Kier molecular flexibility index (Phi) is 8.19. The van der Waals surface area contributed by atoms with Crippen molar-refractivity contribution in [3.8, 4) is 0 Å². The van der Waals surface area contributed by atoms with Crippen LogP contribution >= 0.6 is 0 Å². The summed E-state index contributed by atoms with van der Waals surface area (Å²) >= 11 is -4.85. The molecule has 19 heavy (non-hydrogen) atoms. The Labute approximate surface area is 126 Å². The van der Waals surface area contributed by atoms with Gasteiger partial charge in [-0.3, -0.25) is 0 Å². The molecule has 0 fully saturated rings. The van der Waals surface area contributed by atoms with Gasteiger partial charge < -0.3 is 0 Å². The maximum atomic E-state index is 10.3. The second-order valence-electron chi connectivity index (χ2n) is 6.30. The summed E-state index contributed by atoms with van der Waals surface area (Å²) in [4.78, 5) is 0. The Balaban J connectivity index is 5.21. The van der Waals surface area contributed by atoms with Gasteiger partial charge in [-0.25, -0.2) is 0 Å². The molecule has 0 radical (unpaired) electrons. The maximum absolute atomic E-state index is 10.3. The summed E-state index contributed by atoms with van der Waals surface area (Å²) in [6.45, 7) is 16.5. The van der Waals surface area contributed by atoms with E-state index in [0.29, 0.717) is 16.6 Å². The van der Waals surface area contributed by atoms with Crippen LogP contribution in [0.25, 0.3) is 0 Å². The van der Waals surface area contributed by atoms with Crippen LogP contribution < -0.4 is 0 Å². The molecular weight excluding hydrogens is 339 g/mol. The molecular formula is C13H32O4SiZr. The molecule has 0 aliphatic heterocycles. The first-order chi connectivity index (χ1) is 8.49. The van der Waals surface area contributed by atoms with Crippen molar-refractivity contribution in [1.29, 1.82) is 0 Å². The van der Waals surface area contributed by atoms with Crippen molar-refractivity contribution in [2.24, 2.45) is 0 Å². The van der Waals surface area contributed by atoms with Gasteiger partial charge in [-0.05, 0) is 0 Å². The fraction of sp³-hybridized carbons (Fsp3) is 1.00. The molecule has 0 saturated heterocycles. The third kappa shape index (κ3) is 5.33. The van der Waals surface area contributed by atoms with Gasteiger partial charge in [-0.2, -0.15) is 0 Å². The van der Waals surface area contributed by atoms with Gasteiger partial charge in [0.1, 0.15) is 0 Å². The van der Waals surface area contributed by atoms with E-state index in [-0.39, 0.29) is 6.10 Å². The zero-order valence-electron chi connectivity index (χ0n) is 13.7. The Bertz CT molecular complexity index is 248. The predicted octanol–water partition coefficient (Wildman–Crippen LogP) is 3.79. The molecule has 2 N–H and O–H groups in total. The van der Waals surface area contributed by atoms with Gasteiger partial charge in [0.05, 0.1) is 0 Å². The Morgan fingerprint density at radius 2 is 1.26 bits per heavy atom. The van der Waals surface area contributed by atoms with E-state index in [4.69, 9.17) is 5.32 Å². The van der Waals surface area contributed by atoms with Crippen molar-refractivity contribution in [2.45, 2.75) is 84.5 Å². The van der Waals surface area contributed by atoms with Gasteiger partial charge in [-0.1, -0.05) is 0 Å². The third-order valence-corrected chi connectivity index (χ3v) is 16.3. The molecule has 0 spiro atoms. The van der Waals surface area contributed by atoms with Crippen molar-refractivity contribution in [3.63, 3.8) is 0 Å². The van der Waals surface area contributed by atoms with Crippen LogP contribution in [0.3, 0.4) is 0 Å². The summed E-state index contributed by atoms with van der Waals surface area (Å²) in [5.74, 6) is 0. The first kappa shape index (κ1) is 19.9. The number of hydrogen-bond acceptors (Lipinski definition) is 4. The standard InChI is InChI=1S/C9H21OSi.C4H9O.2H2O.Zr/c1-7(2)11(10,8(3)4)9(5)6;1-3-4(2)5;;;/h7-9H,1-6H3;4H,3H2,1-2H3;2*1H2;/q2*-1;;;+4/p-2. The normalized spacial score (nSPS) is 15.6. The Morgan fingerprint density at radius 3 is 1.53 bits per heavy atom. The van der Waals surface area contributed by atoms with E-state index in [9.17, 15) is 6.37 Å². The predicted molar refractivity (Wildman–Crippen MR) is 77.4 cm³/mol. The van der Waals surface area contributed by atoms with E-state index in [0.717, 1.165) is 6.42 Å². The molecule has 0 rings (SSSR count). The van der Waals surface area contributed by atoms with E-state index in [1.165, 1.54) is 0 Å². The van der Waals surface area contributed by atoms with E-state index in [1.807, 2.05) is 13.8 Å². The fourth-order valence-corrected chi connectivity index (χ4v) is 18.8. The van der Waals surface area contributed by atoms with Crippen molar-refractivity contribution in [3.05, 3.63) is 0 Å². The second kappa shape index (κ2) is 7.81. The summed E-state index contributed by atoms with van der Waals surface area (Å²) in [5, 5.41) is 0. The van der Waals surface area contributed by atoms with Crippen molar-refractivity contribution < 1.29 is 33.7 Å². The van der Waals surface area contributed by atoms with E-state index in [1.54, 1.807) is 0 Å². The summed E-state index contributed by atoms with van der Waals surface area (Å²) < 4.78 is 32.0. The average molecular weight is 372 g/mol. The minimum absolute atomic E-state index is 0.163. The SMILES string of the molecule is CCC(C)[O][Zr]([OH])([OH])[O][Si](C(C)C)(C(C)C)C(C)C. The Hall–Kier alpha value is 0.940. The van der Waals surface area contributed by atoms with Crippen LogP contribution in [0.15, 0.2) is 0 Å². The van der Waals surface area contributed by atoms with E-state index >= 15 is 0 Å². The molecule has 0 bridgehead atoms. The van der Waals surface area contributed by atoms with Crippen LogP contribution in [0.5, 0.6) is 0 Å². The van der Waals surface area contributed by atoms with Gasteiger partial charge in [0.25, 0.3) is 0 Å². The quantitative estimate of drug-likeness (QED) is 0.637. The summed E-state index contributed by atoms with van der Waals surface area (Å²) in [7, 11) is -2.27. The Morgan fingerprint density at radius 1 is 0.895 bits per heavy atom. The first-order valence-corrected chi connectivity index (χ1v) is 13.7. The van der Waals surface area contributed by atoms with E-state index < -0.39 is 30.3 Å². The van der Waals surface area contributed by atoms with Gasteiger partial charge >= 0.3 is 127 Å². The summed E-state index contributed by atoms with van der Waals surface area (Å²) in [6, 6.07) is 0. The van der Waals surface area contributed by atoms with Gasteiger partial charge in [-0.15, -0.1) is 0 Å². The molecule has 1 unspecified atom stereocenters.